The number of ketones is 1. The first-order valence-electron chi connectivity index (χ1n) is 4.01. The second-order valence-corrected chi connectivity index (χ2v) is 4.73. The van der Waals surface area contributed by atoms with Gasteiger partial charge in [-0.3, -0.25) is 9.59 Å². The van der Waals surface area contributed by atoms with E-state index in [4.69, 9.17) is 5.11 Å². The van der Waals surface area contributed by atoms with Crippen LogP contribution in [0.5, 0.6) is 0 Å². The third-order valence-corrected chi connectivity index (χ3v) is 4.03. The fourth-order valence-corrected chi connectivity index (χ4v) is 3.33. The van der Waals surface area contributed by atoms with Crippen LogP contribution in [0.15, 0.2) is 0 Å². The zero-order valence-corrected chi connectivity index (χ0v) is 7.95. The van der Waals surface area contributed by atoms with Gasteiger partial charge in [0.05, 0.1) is 5.92 Å². The minimum Gasteiger partial charge on any atom is -0.481 e. The van der Waals surface area contributed by atoms with Gasteiger partial charge in [-0.15, -0.1) is 0 Å². The number of carbonyl (C=O) groups is 2. The Bertz CT molecular complexity index is 251. The van der Waals surface area contributed by atoms with Crippen LogP contribution in [0.3, 0.4) is 0 Å². The van der Waals surface area contributed by atoms with Crippen molar-refractivity contribution in [1.82, 2.24) is 0 Å². The molecule has 0 aliphatic heterocycles. The van der Waals surface area contributed by atoms with Gasteiger partial charge in [0, 0.05) is 17.2 Å². The number of carboxylic acid groups (broad SMARTS) is 1. The van der Waals surface area contributed by atoms with Gasteiger partial charge in [-0.2, -0.15) is 0 Å². The van der Waals surface area contributed by atoms with Crippen molar-refractivity contribution < 1.29 is 14.7 Å². The van der Waals surface area contributed by atoms with Crippen molar-refractivity contribution in [3.63, 3.8) is 0 Å². The maximum atomic E-state index is 11.2. The molecular formula is C8H9BrO3. The highest BCUT2D eigenvalue weighted by atomic mass is 79.9. The Kier molecular flexibility index (Phi) is 1.75. The summed E-state index contributed by atoms with van der Waals surface area (Å²) in [6.45, 7) is 0. The lowest BCUT2D eigenvalue weighted by Gasteiger charge is -2.13. The Balaban J connectivity index is 2.28. The van der Waals surface area contributed by atoms with Gasteiger partial charge >= 0.3 is 5.97 Å². The molecule has 2 fully saturated rings. The molecule has 12 heavy (non-hydrogen) atoms. The number of carbonyl (C=O) groups excluding carboxylic acids is 1. The highest BCUT2D eigenvalue weighted by Crippen LogP contribution is 2.50. The van der Waals surface area contributed by atoms with Gasteiger partial charge in [0.15, 0.2) is 0 Å². The van der Waals surface area contributed by atoms with E-state index in [1.165, 1.54) is 0 Å². The van der Waals surface area contributed by atoms with E-state index in [1.807, 2.05) is 0 Å². The van der Waals surface area contributed by atoms with Crippen LogP contribution >= 0.6 is 15.9 Å². The number of Topliss-reactive ketones (excluding diaryl/α,β-unsaturated/α-hetero) is 1. The van der Waals surface area contributed by atoms with Crippen LogP contribution in [0.1, 0.15) is 12.8 Å². The molecule has 4 atom stereocenters. The van der Waals surface area contributed by atoms with Gasteiger partial charge < -0.3 is 5.11 Å². The third-order valence-electron chi connectivity index (χ3n) is 2.97. The van der Waals surface area contributed by atoms with E-state index in [-0.39, 0.29) is 22.4 Å². The highest BCUT2D eigenvalue weighted by molar-refractivity contribution is 9.09. The first-order chi connectivity index (χ1) is 5.61. The minimum atomic E-state index is -0.808. The lowest BCUT2D eigenvalue weighted by Crippen LogP contribution is -2.20. The molecule has 0 aromatic heterocycles. The summed E-state index contributed by atoms with van der Waals surface area (Å²) in [7, 11) is 0. The van der Waals surface area contributed by atoms with Gasteiger partial charge in [0.2, 0.25) is 0 Å². The molecule has 0 saturated heterocycles. The number of alkyl halides is 1. The molecular weight excluding hydrogens is 224 g/mol. The van der Waals surface area contributed by atoms with Crippen molar-refractivity contribution in [2.45, 2.75) is 17.7 Å². The largest absolute Gasteiger partial charge is 0.481 e. The van der Waals surface area contributed by atoms with E-state index in [1.54, 1.807) is 0 Å². The Morgan fingerprint density at radius 3 is 2.58 bits per heavy atom. The quantitative estimate of drug-likeness (QED) is 0.689. The normalized spacial score (nSPS) is 45.2. The standard InChI is InChI=1S/C8H9BrO3/c9-5-1-4-6(10)2-3(5)7(4)8(11)12/h3-5,7H,1-2H2,(H,11,12)/t3-,4-,5+,7+/m0/s1. The number of aliphatic carboxylic acids is 1. The summed E-state index contributed by atoms with van der Waals surface area (Å²) < 4.78 is 0. The van der Waals surface area contributed by atoms with Gasteiger partial charge in [0.25, 0.3) is 0 Å². The molecule has 2 bridgehead atoms. The van der Waals surface area contributed by atoms with Crippen molar-refractivity contribution in [3.8, 4) is 0 Å². The molecule has 2 saturated carbocycles. The molecule has 0 radical (unpaired) electrons. The zero-order valence-electron chi connectivity index (χ0n) is 6.37. The van der Waals surface area contributed by atoms with Gasteiger partial charge in [-0.05, 0) is 12.3 Å². The molecule has 4 heteroatoms. The van der Waals surface area contributed by atoms with E-state index in [9.17, 15) is 9.59 Å². The fourth-order valence-electron chi connectivity index (χ4n) is 2.41. The van der Waals surface area contributed by atoms with E-state index in [0.29, 0.717) is 12.8 Å². The fraction of sp³-hybridized carbons (Fsp3) is 0.750. The maximum absolute atomic E-state index is 11.2. The molecule has 2 rings (SSSR count). The Morgan fingerprint density at radius 2 is 2.25 bits per heavy atom. The summed E-state index contributed by atoms with van der Waals surface area (Å²) in [5.41, 5.74) is 0. The summed E-state index contributed by atoms with van der Waals surface area (Å²) in [6, 6.07) is 0. The second-order valence-electron chi connectivity index (χ2n) is 3.56. The maximum Gasteiger partial charge on any atom is 0.307 e. The number of fused-ring (bicyclic) bond motifs is 2. The van der Waals surface area contributed by atoms with E-state index in [2.05, 4.69) is 15.9 Å². The number of rotatable bonds is 1. The number of hydrogen-bond donors (Lipinski definition) is 1. The van der Waals surface area contributed by atoms with Crippen LogP contribution in [0, 0.1) is 17.8 Å². The first-order valence-corrected chi connectivity index (χ1v) is 4.92. The van der Waals surface area contributed by atoms with E-state index in [0.717, 1.165) is 0 Å². The zero-order chi connectivity index (χ0) is 8.88. The SMILES string of the molecule is O=C(O)[C@@H]1[C@H]2CC(=O)[C@@H]1C[C@H]2Br. The summed E-state index contributed by atoms with van der Waals surface area (Å²) in [5, 5.41) is 8.86. The summed E-state index contributed by atoms with van der Waals surface area (Å²) in [4.78, 5) is 22.2. The van der Waals surface area contributed by atoms with E-state index < -0.39 is 11.9 Å². The van der Waals surface area contributed by atoms with Crippen LogP contribution in [0.2, 0.25) is 0 Å². The molecule has 3 nitrogen and oxygen atoms in total. The topological polar surface area (TPSA) is 54.4 Å². The number of hydrogen-bond acceptors (Lipinski definition) is 2. The summed E-state index contributed by atoms with van der Waals surface area (Å²) in [5.74, 6) is -1.25. The van der Waals surface area contributed by atoms with Crippen molar-refractivity contribution in [3.05, 3.63) is 0 Å². The Hall–Kier alpha value is -0.380. The van der Waals surface area contributed by atoms with Crippen molar-refractivity contribution in [1.29, 1.82) is 0 Å². The number of carboxylic acids is 1. The Labute approximate surface area is 78.3 Å². The summed E-state index contributed by atoms with van der Waals surface area (Å²) in [6.07, 6.45) is 1.16. The third kappa shape index (κ3) is 0.937. The predicted octanol–water partition coefficient (Wildman–Crippen LogP) is 1.06. The van der Waals surface area contributed by atoms with E-state index >= 15 is 0 Å². The molecule has 2 aliphatic rings. The molecule has 0 heterocycles. The molecule has 66 valence electrons. The number of halogens is 1. The minimum absolute atomic E-state index is 0.0417. The molecule has 2 aliphatic carbocycles. The molecule has 0 amide bonds. The highest BCUT2D eigenvalue weighted by Gasteiger charge is 2.55. The van der Waals surface area contributed by atoms with Gasteiger partial charge in [-0.1, -0.05) is 15.9 Å². The van der Waals surface area contributed by atoms with Crippen LogP contribution in [0.25, 0.3) is 0 Å². The van der Waals surface area contributed by atoms with Crippen molar-refractivity contribution in [2.75, 3.05) is 0 Å². The predicted molar refractivity (Wildman–Crippen MR) is 45.1 cm³/mol. The molecule has 0 aromatic carbocycles. The lowest BCUT2D eigenvalue weighted by atomic mass is 9.98. The summed E-state index contributed by atoms with van der Waals surface area (Å²) >= 11 is 3.42. The van der Waals surface area contributed by atoms with Gasteiger partial charge in [-0.25, -0.2) is 0 Å². The Morgan fingerprint density at radius 1 is 1.58 bits per heavy atom. The molecule has 1 N–H and O–H groups in total. The van der Waals surface area contributed by atoms with Crippen LogP contribution < -0.4 is 0 Å². The molecule has 0 unspecified atom stereocenters. The van der Waals surface area contributed by atoms with Crippen molar-refractivity contribution >= 4 is 27.7 Å². The first kappa shape index (κ1) is 8.23. The average molecular weight is 233 g/mol. The average Bonchev–Trinajstić information content (AvgIpc) is 2.41. The lowest BCUT2D eigenvalue weighted by molar-refractivity contribution is -0.144. The molecule has 0 spiro atoms. The van der Waals surface area contributed by atoms with Crippen LogP contribution in [-0.4, -0.2) is 21.7 Å². The monoisotopic (exact) mass is 232 g/mol. The van der Waals surface area contributed by atoms with Gasteiger partial charge in [0.1, 0.15) is 5.78 Å². The second kappa shape index (κ2) is 2.55. The smallest absolute Gasteiger partial charge is 0.307 e. The van der Waals surface area contributed by atoms with Crippen molar-refractivity contribution in [2.24, 2.45) is 17.8 Å². The van der Waals surface area contributed by atoms with Crippen LogP contribution in [-0.2, 0) is 9.59 Å². The van der Waals surface area contributed by atoms with Crippen LogP contribution in [0.4, 0.5) is 0 Å². The molecule has 0 aromatic rings.